The Morgan fingerprint density at radius 2 is 0.840 bits per heavy atom. The Kier molecular flexibility index (Phi) is 10.5. The molecule has 50 heavy (non-hydrogen) atoms. The Labute approximate surface area is 284 Å². The molecule has 5 aromatic rings. The fourth-order valence-corrected chi connectivity index (χ4v) is 4.68. The molecule has 12 heteroatoms. The normalized spacial score (nSPS) is 10.9. The number of rotatable bonds is 12. The number of carbonyl (C=O) groups excluding carboxylic acids is 4. The molecule has 12 nitrogen and oxygen atoms in total. The van der Waals surface area contributed by atoms with Gasteiger partial charge >= 0.3 is 0 Å². The van der Waals surface area contributed by atoms with E-state index in [1.807, 2.05) is 0 Å². The minimum atomic E-state index is -0.588. The van der Waals surface area contributed by atoms with E-state index in [-0.39, 0.29) is 34.1 Å². The maximum atomic E-state index is 12.8. The molecule has 0 aromatic heterocycles. The highest BCUT2D eigenvalue weighted by Crippen LogP contribution is 2.19. The average molecular weight is 667 g/mol. The van der Waals surface area contributed by atoms with Crippen LogP contribution < -0.4 is 10.6 Å². The molecule has 0 aliphatic heterocycles. The lowest BCUT2D eigenvalue weighted by Crippen LogP contribution is -2.12. The number of nitrogens with zero attached hydrogens (tertiary/aromatic N) is 2. The third-order valence-corrected chi connectivity index (χ3v) is 7.24. The van der Waals surface area contributed by atoms with Gasteiger partial charge in [-0.05, 0) is 59.7 Å². The molecule has 0 saturated carbocycles. The molecule has 2 amide bonds. The molecule has 0 fully saturated rings. The zero-order chi connectivity index (χ0) is 35.6. The van der Waals surface area contributed by atoms with Gasteiger partial charge in [0, 0.05) is 57.9 Å². The van der Waals surface area contributed by atoms with E-state index < -0.39 is 21.7 Å². The van der Waals surface area contributed by atoms with E-state index in [1.165, 1.54) is 72.8 Å². The fourth-order valence-electron chi connectivity index (χ4n) is 4.68. The predicted molar refractivity (Wildman–Crippen MR) is 188 cm³/mol. The van der Waals surface area contributed by atoms with Gasteiger partial charge in [0.05, 0.1) is 9.85 Å². The first kappa shape index (κ1) is 34.0. The van der Waals surface area contributed by atoms with Crippen LogP contribution in [0.2, 0.25) is 0 Å². The van der Waals surface area contributed by atoms with Gasteiger partial charge in [0.25, 0.3) is 23.2 Å². The van der Waals surface area contributed by atoms with Crippen molar-refractivity contribution in [3.05, 3.63) is 187 Å². The molecule has 0 heterocycles. The quantitative estimate of drug-likeness (QED) is 0.0586. The van der Waals surface area contributed by atoms with Crippen molar-refractivity contribution in [2.75, 3.05) is 10.6 Å². The number of hydrogen-bond donors (Lipinski definition) is 2. The highest BCUT2D eigenvalue weighted by Gasteiger charge is 2.14. The average Bonchev–Trinajstić information content (AvgIpc) is 3.13. The van der Waals surface area contributed by atoms with E-state index in [2.05, 4.69) is 10.6 Å². The van der Waals surface area contributed by atoms with Crippen LogP contribution in [-0.2, 0) is 0 Å². The topological polar surface area (TPSA) is 179 Å². The summed E-state index contributed by atoms with van der Waals surface area (Å²) in [6.45, 7) is 0. The number of benzene rings is 5. The second-order valence-corrected chi connectivity index (χ2v) is 10.7. The van der Waals surface area contributed by atoms with Gasteiger partial charge in [0.15, 0.2) is 11.6 Å². The maximum Gasteiger partial charge on any atom is 0.270 e. The van der Waals surface area contributed by atoms with Crippen LogP contribution in [0.4, 0.5) is 22.7 Å². The third-order valence-electron chi connectivity index (χ3n) is 7.24. The Morgan fingerprint density at radius 1 is 0.480 bits per heavy atom. The lowest BCUT2D eigenvalue weighted by Gasteiger charge is -2.06. The minimum Gasteiger partial charge on any atom is -0.322 e. The van der Waals surface area contributed by atoms with Gasteiger partial charge in [-0.15, -0.1) is 0 Å². The van der Waals surface area contributed by atoms with Gasteiger partial charge in [0.1, 0.15) is 0 Å². The highest BCUT2D eigenvalue weighted by molar-refractivity contribution is 6.10. The Bertz CT molecular complexity index is 2050. The van der Waals surface area contributed by atoms with Crippen LogP contribution in [0.15, 0.2) is 133 Å². The number of amides is 2. The molecule has 0 aliphatic carbocycles. The van der Waals surface area contributed by atoms with E-state index in [4.69, 9.17) is 0 Å². The van der Waals surface area contributed by atoms with E-state index in [1.54, 1.807) is 72.8 Å². The van der Waals surface area contributed by atoms with Gasteiger partial charge in [-0.25, -0.2) is 0 Å². The standard InChI is InChI=1S/C38H26N4O8/c43-35(27-5-1-9-31(21-27)39-37(45)29-7-3-11-33(23-29)41(47)48)19-17-25-13-15-26(16-14-25)18-20-36(44)28-6-2-10-32(22-28)40-38(46)30-8-4-12-34(24-30)42(49)50/h1-24H,(H,39,45)(H,40,46). The van der Waals surface area contributed by atoms with Crippen LogP contribution in [-0.4, -0.2) is 33.2 Å². The summed E-state index contributed by atoms with van der Waals surface area (Å²) >= 11 is 0. The zero-order valence-corrected chi connectivity index (χ0v) is 26.0. The summed E-state index contributed by atoms with van der Waals surface area (Å²) in [7, 11) is 0. The van der Waals surface area contributed by atoms with Crippen LogP contribution in [0.1, 0.15) is 52.6 Å². The van der Waals surface area contributed by atoms with Gasteiger partial charge in [0.2, 0.25) is 0 Å². The summed E-state index contributed by atoms with van der Waals surface area (Å²) in [5, 5.41) is 27.3. The predicted octanol–water partition coefficient (Wildman–Crippen LogP) is 7.80. The van der Waals surface area contributed by atoms with Crippen molar-refractivity contribution in [2.24, 2.45) is 0 Å². The number of anilines is 2. The van der Waals surface area contributed by atoms with Crippen LogP contribution in [0, 0.1) is 20.2 Å². The summed E-state index contributed by atoms with van der Waals surface area (Å²) in [6.07, 6.45) is 6.03. The van der Waals surface area contributed by atoms with Crippen molar-refractivity contribution in [2.45, 2.75) is 0 Å². The summed E-state index contributed by atoms with van der Waals surface area (Å²) in [6, 6.07) is 30.4. The van der Waals surface area contributed by atoms with Crippen LogP contribution in [0.5, 0.6) is 0 Å². The number of non-ortho nitro benzene ring substituents is 2. The molecule has 0 atom stereocenters. The largest absolute Gasteiger partial charge is 0.322 e. The van der Waals surface area contributed by atoms with E-state index in [9.17, 15) is 39.4 Å². The summed E-state index contributed by atoms with van der Waals surface area (Å²) < 4.78 is 0. The van der Waals surface area contributed by atoms with Crippen molar-refractivity contribution >= 4 is 58.3 Å². The molecule has 0 bridgehead atoms. The molecule has 0 unspecified atom stereocenters. The lowest BCUT2D eigenvalue weighted by molar-refractivity contribution is -0.385. The fraction of sp³-hybridized carbons (Fsp3) is 0. The van der Waals surface area contributed by atoms with Crippen molar-refractivity contribution in [1.29, 1.82) is 0 Å². The molecule has 2 N–H and O–H groups in total. The lowest BCUT2D eigenvalue weighted by atomic mass is 10.1. The van der Waals surface area contributed by atoms with Gasteiger partial charge in [-0.2, -0.15) is 0 Å². The van der Waals surface area contributed by atoms with E-state index in [0.29, 0.717) is 22.5 Å². The Morgan fingerprint density at radius 3 is 1.22 bits per heavy atom. The molecule has 0 radical (unpaired) electrons. The monoisotopic (exact) mass is 666 g/mol. The second kappa shape index (κ2) is 15.5. The minimum absolute atomic E-state index is 0.107. The van der Waals surface area contributed by atoms with Crippen molar-refractivity contribution in [1.82, 2.24) is 0 Å². The van der Waals surface area contributed by atoms with Gasteiger partial charge in [-0.3, -0.25) is 39.4 Å². The number of carbonyl (C=O) groups is 4. The molecular weight excluding hydrogens is 640 g/mol. The molecule has 5 aromatic carbocycles. The number of nitrogens with one attached hydrogen (secondary N) is 2. The highest BCUT2D eigenvalue weighted by atomic mass is 16.6. The number of ketones is 2. The molecule has 5 rings (SSSR count). The third kappa shape index (κ3) is 8.92. The maximum absolute atomic E-state index is 12.8. The number of hydrogen-bond acceptors (Lipinski definition) is 8. The first-order valence-corrected chi connectivity index (χ1v) is 14.9. The molecular formula is C38H26N4O8. The van der Waals surface area contributed by atoms with Crippen LogP contribution in [0.3, 0.4) is 0 Å². The summed E-state index contributed by atoms with van der Waals surface area (Å²) in [4.78, 5) is 71.7. The number of nitro groups is 2. The molecule has 246 valence electrons. The summed E-state index contributed by atoms with van der Waals surface area (Å²) in [5.74, 6) is -1.73. The smallest absolute Gasteiger partial charge is 0.270 e. The van der Waals surface area contributed by atoms with E-state index in [0.717, 1.165) is 11.1 Å². The van der Waals surface area contributed by atoms with Gasteiger partial charge in [-0.1, -0.05) is 72.8 Å². The first-order chi connectivity index (χ1) is 24.0. The van der Waals surface area contributed by atoms with Crippen molar-refractivity contribution in [3.8, 4) is 0 Å². The van der Waals surface area contributed by atoms with Crippen LogP contribution in [0.25, 0.3) is 12.2 Å². The molecule has 0 spiro atoms. The number of allylic oxidation sites excluding steroid dienone is 2. The summed E-state index contributed by atoms with van der Waals surface area (Å²) in [5.41, 5.74) is 2.59. The molecule has 0 aliphatic rings. The Balaban J connectivity index is 1.17. The van der Waals surface area contributed by atoms with Crippen LogP contribution >= 0.6 is 0 Å². The number of nitro benzene ring substituents is 2. The molecule has 0 saturated heterocycles. The SMILES string of the molecule is O=C(C=Cc1ccc(C=CC(=O)c2cccc(NC(=O)c3cccc([N+](=O)[O-])c3)c2)cc1)c1cccc(NC(=O)c2cccc([N+](=O)[O-])c2)c1. The van der Waals surface area contributed by atoms with Gasteiger partial charge < -0.3 is 10.6 Å². The van der Waals surface area contributed by atoms with Crippen molar-refractivity contribution in [3.63, 3.8) is 0 Å². The zero-order valence-electron chi connectivity index (χ0n) is 26.0. The van der Waals surface area contributed by atoms with E-state index >= 15 is 0 Å². The second-order valence-electron chi connectivity index (χ2n) is 10.7. The van der Waals surface area contributed by atoms with Crippen molar-refractivity contribution < 1.29 is 29.0 Å². The Hall–Kier alpha value is -7.34. The first-order valence-electron chi connectivity index (χ1n) is 14.9.